The minimum Gasteiger partial charge on any atom is -0.389 e. The Morgan fingerprint density at radius 2 is 1.95 bits per heavy atom. The molecule has 6 heteroatoms. The van der Waals surface area contributed by atoms with E-state index in [0.717, 1.165) is 18.3 Å². The highest BCUT2D eigenvalue weighted by atomic mass is 16.5. The standard InChI is InChI=1S/C15H26N4O2/c1-11(2)8-21-9-13(20)7-17-15-5-14(18-10-19-15)16-6-12-3-4-12/h5,10-13,20H,3-4,6-9H2,1-2H3,(H2,16,17,18,19). The number of aliphatic hydroxyl groups excluding tert-OH is 1. The average molecular weight is 294 g/mol. The van der Waals surface area contributed by atoms with E-state index >= 15 is 0 Å². The fraction of sp³-hybridized carbons (Fsp3) is 0.733. The quantitative estimate of drug-likeness (QED) is 0.610. The van der Waals surface area contributed by atoms with Crippen LogP contribution in [-0.2, 0) is 4.74 Å². The van der Waals surface area contributed by atoms with Crippen LogP contribution in [0, 0.1) is 11.8 Å². The number of anilines is 2. The van der Waals surface area contributed by atoms with Gasteiger partial charge in [-0.25, -0.2) is 9.97 Å². The topological polar surface area (TPSA) is 79.3 Å². The molecule has 6 nitrogen and oxygen atoms in total. The molecule has 1 aromatic heterocycles. The molecule has 0 radical (unpaired) electrons. The second kappa shape index (κ2) is 8.14. The Balaban J connectivity index is 1.67. The summed E-state index contributed by atoms with van der Waals surface area (Å²) >= 11 is 0. The van der Waals surface area contributed by atoms with Crippen LogP contribution in [-0.4, -0.2) is 47.5 Å². The lowest BCUT2D eigenvalue weighted by Crippen LogP contribution is -2.26. The molecule has 0 aliphatic heterocycles. The second-order valence-electron chi connectivity index (χ2n) is 6.08. The first-order valence-electron chi connectivity index (χ1n) is 7.69. The Kier molecular flexibility index (Phi) is 6.20. The third-order valence-corrected chi connectivity index (χ3v) is 3.22. The predicted molar refractivity (Wildman–Crippen MR) is 83.4 cm³/mol. The summed E-state index contributed by atoms with van der Waals surface area (Å²) in [6.45, 7) is 6.56. The number of nitrogens with one attached hydrogen (secondary N) is 2. The van der Waals surface area contributed by atoms with Crippen LogP contribution in [0.1, 0.15) is 26.7 Å². The lowest BCUT2D eigenvalue weighted by atomic mass is 10.2. The molecule has 0 saturated heterocycles. The summed E-state index contributed by atoms with van der Waals surface area (Å²) in [5, 5.41) is 16.2. The van der Waals surface area contributed by atoms with E-state index < -0.39 is 6.10 Å². The first kappa shape index (κ1) is 16.0. The van der Waals surface area contributed by atoms with Crippen molar-refractivity contribution in [3.05, 3.63) is 12.4 Å². The van der Waals surface area contributed by atoms with E-state index in [0.29, 0.717) is 31.5 Å². The lowest BCUT2D eigenvalue weighted by molar-refractivity contribution is 0.0317. The van der Waals surface area contributed by atoms with Gasteiger partial charge in [-0.2, -0.15) is 0 Å². The third-order valence-electron chi connectivity index (χ3n) is 3.22. The minimum absolute atomic E-state index is 0.336. The normalized spacial score (nSPS) is 16.0. The molecule has 1 atom stereocenters. The van der Waals surface area contributed by atoms with Crippen LogP contribution in [0.3, 0.4) is 0 Å². The molecule has 1 fully saturated rings. The van der Waals surface area contributed by atoms with Crippen molar-refractivity contribution in [1.82, 2.24) is 9.97 Å². The Labute approximate surface area is 126 Å². The van der Waals surface area contributed by atoms with Crippen LogP contribution >= 0.6 is 0 Å². The van der Waals surface area contributed by atoms with E-state index in [4.69, 9.17) is 4.74 Å². The molecule has 0 bridgehead atoms. The summed E-state index contributed by atoms with van der Waals surface area (Å²) in [6, 6.07) is 1.87. The number of aliphatic hydroxyl groups is 1. The van der Waals surface area contributed by atoms with E-state index in [9.17, 15) is 5.11 Å². The SMILES string of the molecule is CC(C)COCC(O)CNc1cc(NCC2CC2)ncn1. The van der Waals surface area contributed by atoms with Gasteiger partial charge in [0.05, 0.1) is 12.7 Å². The molecule has 21 heavy (non-hydrogen) atoms. The van der Waals surface area contributed by atoms with Crippen molar-refractivity contribution in [2.45, 2.75) is 32.8 Å². The van der Waals surface area contributed by atoms with Crippen LogP contribution in [0.5, 0.6) is 0 Å². The average Bonchev–Trinajstić information content (AvgIpc) is 3.27. The molecule has 1 saturated carbocycles. The monoisotopic (exact) mass is 294 g/mol. The van der Waals surface area contributed by atoms with E-state index in [2.05, 4.69) is 34.4 Å². The zero-order valence-corrected chi connectivity index (χ0v) is 12.9. The van der Waals surface area contributed by atoms with Gasteiger partial charge in [0.1, 0.15) is 18.0 Å². The van der Waals surface area contributed by atoms with Gasteiger partial charge in [0.25, 0.3) is 0 Å². The van der Waals surface area contributed by atoms with Crippen LogP contribution < -0.4 is 10.6 Å². The summed E-state index contributed by atoms with van der Waals surface area (Å²) in [5.74, 6) is 2.82. The number of aromatic nitrogens is 2. The van der Waals surface area contributed by atoms with Gasteiger partial charge >= 0.3 is 0 Å². The molecule has 0 spiro atoms. The molecular weight excluding hydrogens is 268 g/mol. The fourth-order valence-electron chi connectivity index (χ4n) is 1.84. The number of rotatable bonds is 10. The third kappa shape index (κ3) is 6.73. The Morgan fingerprint density at radius 1 is 1.24 bits per heavy atom. The highest BCUT2D eigenvalue weighted by Gasteiger charge is 2.20. The van der Waals surface area contributed by atoms with Gasteiger partial charge < -0.3 is 20.5 Å². The first-order chi connectivity index (χ1) is 10.1. The van der Waals surface area contributed by atoms with Crippen molar-refractivity contribution >= 4 is 11.6 Å². The van der Waals surface area contributed by atoms with Crippen LogP contribution in [0.4, 0.5) is 11.6 Å². The van der Waals surface area contributed by atoms with Crippen molar-refractivity contribution in [3.8, 4) is 0 Å². The van der Waals surface area contributed by atoms with Crippen molar-refractivity contribution < 1.29 is 9.84 Å². The molecule has 1 heterocycles. The molecule has 1 aliphatic rings. The minimum atomic E-state index is -0.540. The van der Waals surface area contributed by atoms with Crippen LogP contribution in [0.2, 0.25) is 0 Å². The van der Waals surface area contributed by atoms with Crippen LogP contribution in [0.15, 0.2) is 12.4 Å². The van der Waals surface area contributed by atoms with Gasteiger partial charge in [0, 0.05) is 25.8 Å². The van der Waals surface area contributed by atoms with Gasteiger partial charge in [-0.15, -0.1) is 0 Å². The smallest absolute Gasteiger partial charge is 0.131 e. The maximum absolute atomic E-state index is 9.83. The molecule has 0 aromatic carbocycles. The van der Waals surface area contributed by atoms with Gasteiger partial charge in [0.15, 0.2) is 0 Å². The molecule has 118 valence electrons. The second-order valence-corrected chi connectivity index (χ2v) is 6.08. The summed E-state index contributed by atoms with van der Waals surface area (Å²) in [5.41, 5.74) is 0. The first-order valence-corrected chi connectivity index (χ1v) is 7.69. The van der Waals surface area contributed by atoms with Crippen molar-refractivity contribution in [2.75, 3.05) is 36.9 Å². The van der Waals surface area contributed by atoms with Crippen molar-refractivity contribution in [2.24, 2.45) is 11.8 Å². The Hall–Kier alpha value is -1.40. The maximum Gasteiger partial charge on any atom is 0.131 e. The van der Waals surface area contributed by atoms with Crippen molar-refractivity contribution in [3.63, 3.8) is 0 Å². The fourth-order valence-corrected chi connectivity index (χ4v) is 1.84. The molecule has 1 aliphatic carbocycles. The zero-order valence-electron chi connectivity index (χ0n) is 12.9. The van der Waals surface area contributed by atoms with Gasteiger partial charge in [-0.3, -0.25) is 0 Å². The number of hydrogen-bond donors (Lipinski definition) is 3. The van der Waals surface area contributed by atoms with Gasteiger partial charge in [-0.1, -0.05) is 13.8 Å². The maximum atomic E-state index is 9.83. The molecule has 1 unspecified atom stereocenters. The van der Waals surface area contributed by atoms with E-state index in [-0.39, 0.29) is 0 Å². The highest BCUT2D eigenvalue weighted by molar-refractivity contribution is 5.46. The van der Waals surface area contributed by atoms with Gasteiger partial charge in [-0.05, 0) is 24.7 Å². The molecule has 1 aromatic rings. The number of nitrogens with zero attached hydrogens (tertiary/aromatic N) is 2. The lowest BCUT2D eigenvalue weighted by Gasteiger charge is -2.14. The van der Waals surface area contributed by atoms with Gasteiger partial charge in [0.2, 0.25) is 0 Å². The molecule has 2 rings (SSSR count). The zero-order chi connectivity index (χ0) is 15.1. The molecule has 0 amide bonds. The number of ether oxygens (including phenoxy) is 1. The summed E-state index contributed by atoms with van der Waals surface area (Å²) in [7, 11) is 0. The largest absolute Gasteiger partial charge is 0.389 e. The predicted octanol–water partition coefficient (Wildman–Crippen LogP) is 1.74. The van der Waals surface area contributed by atoms with Crippen LogP contribution in [0.25, 0.3) is 0 Å². The Bertz CT molecular complexity index is 424. The Morgan fingerprint density at radius 3 is 2.62 bits per heavy atom. The summed E-state index contributed by atoms with van der Waals surface area (Å²) in [6.07, 6.45) is 3.61. The van der Waals surface area contributed by atoms with E-state index in [1.165, 1.54) is 19.2 Å². The molecular formula is C15H26N4O2. The summed E-state index contributed by atoms with van der Waals surface area (Å²) < 4.78 is 5.41. The number of hydrogen-bond acceptors (Lipinski definition) is 6. The van der Waals surface area contributed by atoms with E-state index in [1.807, 2.05) is 6.07 Å². The summed E-state index contributed by atoms with van der Waals surface area (Å²) in [4.78, 5) is 8.33. The highest BCUT2D eigenvalue weighted by Crippen LogP contribution is 2.28. The van der Waals surface area contributed by atoms with Crippen molar-refractivity contribution in [1.29, 1.82) is 0 Å². The van der Waals surface area contributed by atoms with E-state index in [1.54, 1.807) is 0 Å². The molecule has 3 N–H and O–H groups in total.